The fourth-order valence-electron chi connectivity index (χ4n) is 5.08. The van der Waals surface area contributed by atoms with Gasteiger partial charge in [-0.3, -0.25) is 14.4 Å². The zero-order chi connectivity index (χ0) is 28.5. The normalized spacial score (nSPS) is 14.1. The maximum Gasteiger partial charge on any atom is 0.222 e. The summed E-state index contributed by atoms with van der Waals surface area (Å²) in [5.74, 6) is 1.91. The van der Waals surface area contributed by atoms with E-state index in [0.717, 1.165) is 43.6 Å². The first kappa shape index (κ1) is 27.1. The van der Waals surface area contributed by atoms with E-state index in [1.165, 1.54) is 0 Å². The number of aryl methyl sites for hydroxylation is 1. The zero-order valence-electron chi connectivity index (χ0n) is 22.4. The van der Waals surface area contributed by atoms with Crippen LogP contribution in [0.25, 0.3) is 16.6 Å². The predicted octanol–water partition coefficient (Wildman–Crippen LogP) is 6.19. The number of carbonyl (C=O) groups excluding carboxylic acids is 1. The van der Waals surface area contributed by atoms with Crippen molar-refractivity contribution < 1.29 is 9.53 Å². The van der Waals surface area contributed by atoms with Gasteiger partial charge in [0.1, 0.15) is 22.2 Å². The predicted molar refractivity (Wildman–Crippen MR) is 163 cm³/mol. The molecule has 41 heavy (non-hydrogen) atoms. The van der Waals surface area contributed by atoms with Crippen LogP contribution < -0.4 is 10.1 Å². The molecule has 8 nitrogen and oxygen atoms in total. The molecular formula is C31H26BrClN6O2. The van der Waals surface area contributed by atoms with Crippen LogP contribution in [0.2, 0.25) is 5.02 Å². The number of carbonyl (C=O) groups is 1. The Bertz CT molecular complexity index is 1800. The topological polar surface area (TPSA) is 94.3 Å². The number of aliphatic imine (C=N–C) groups is 1. The van der Waals surface area contributed by atoms with Gasteiger partial charge in [-0.15, -0.1) is 10.2 Å². The number of nitrogens with one attached hydrogen (secondary N) is 1. The summed E-state index contributed by atoms with van der Waals surface area (Å²) >= 11 is 9.60. The highest BCUT2D eigenvalue weighted by Crippen LogP contribution is 2.34. The number of halogens is 2. The van der Waals surface area contributed by atoms with Crippen LogP contribution in [-0.2, 0) is 11.2 Å². The van der Waals surface area contributed by atoms with Gasteiger partial charge in [-0.1, -0.05) is 35.9 Å². The van der Waals surface area contributed by atoms with Crippen LogP contribution in [0.5, 0.6) is 5.75 Å². The van der Waals surface area contributed by atoms with Crippen LogP contribution in [0.1, 0.15) is 40.8 Å². The Morgan fingerprint density at radius 1 is 1.05 bits per heavy atom. The highest BCUT2D eigenvalue weighted by atomic mass is 79.9. The smallest absolute Gasteiger partial charge is 0.222 e. The summed E-state index contributed by atoms with van der Waals surface area (Å²) in [4.78, 5) is 22.9. The van der Waals surface area contributed by atoms with E-state index in [1.807, 2.05) is 78.2 Å². The minimum Gasteiger partial charge on any atom is -0.497 e. The van der Waals surface area contributed by atoms with Gasteiger partial charge in [0.05, 0.1) is 30.4 Å². The van der Waals surface area contributed by atoms with Gasteiger partial charge in [-0.05, 0) is 83.4 Å². The van der Waals surface area contributed by atoms with Crippen molar-refractivity contribution in [1.82, 2.24) is 25.1 Å². The number of ether oxygens (including phenoxy) is 1. The van der Waals surface area contributed by atoms with Gasteiger partial charge < -0.3 is 10.1 Å². The first-order valence-corrected chi connectivity index (χ1v) is 14.3. The summed E-state index contributed by atoms with van der Waals surface area (Å²) in [5.41, 5.74) is 5.39. The Morgan fingerprint density at radius 2 is 1.88 bits per heavy atom. The number of aromatic nitrogens is 4. The van der Waals surface area contributed by atoms with Crippen molar-refractivity contribution in [3.63, 3.8) is 0 Å². The zero-order valence-corrected chi connectivity index (χ0v) is 24.8. The maximum atomic E-state index is 13.3. The number of benzene rings is 3. The molecule has 0 saturated carbocycles. The van der Waals surface area contributed by atoms with Crippen molar-refractivity contribution >= 4 is 50.1 Å². The molecular weight excluding hydrogens is 604 g/mol. The summed E-state index contributed by atoms with van der Waals surface area (Å²) in [6.07, 6.45) is 0.818. The third-order valence-electron chi connectivity index (χ3n) is 7.08. The molecule has 1 atom stereocenters. The summed E-state index contributed by atoms with van der Waals surface area (Å²) in [6.45, 7) is 2.39. The summed E-state index contributed by atoms with van der Waals surface area (Å²) < 4.78 is 8.32. The molecule has 1 aliphatic rings. The summed E-state index contributed by atoms with van der Waals surface area (Å²) in [7, 11) is 1.63. The fraction of sp³-hybridized carbons (Fsp3) is 0.194. The lowest BCUT2D eigenvalue weighted by Crippen LogP contribution is -2.27. The van der Waals surface area contributed by atoms with Crippen LogP contribution in [0.15, 0.2) is 82.4 Å². The summed E-state index contributed by atoms with van der Waals surface area (Å²) in [6, 6.07) is 22.9. The third kappa shape index (κ3) is 5.60. The van der Waals surface area contributed by atoms with Gasteiger partial charge in [0.2, 0.25) is 5.91 Å². The van der Waals surface area contributed by atoms with Crippen LogP contribution in [0.4, 0.5) is 0 Å². The van der Waals surface area contributed by atoms with Gasteiger partial charge in [-0.2, -0.15) is 0 Å². The number of fused-ring (bicyclic) bond motifs is 4. The lowest BCUT2D eigenvalue weighted by Gasteiger charge is -2.14. The molecule has 5 aromatic rings. The first-order valence-electron chi connectivity index (χ1n) is 13.2. The second-order valence-electron chi connectivity index (χ2n) is 9.79. The number of hydrogen-bond acceptors (Lipinski definition) is 6. The molecule has 0 spiro atoms. The standard InChI is InChI=1S/C31H26BrClN6O2/c1-18-37-38-31-26(17-29(40)34-14-13-19-3-10-25-21(15-19)6-12-28(32)35-25)36-30(20-4-7-22(33)8-5-20)24-16-23(41-2)9-11-27(24)39(18)31/h3-12,15-16,26H,13-14,17H2,1-2H3,(H,34,40)/t26-/m0/s1. The van der Waals surface area contributed by atoms with Crippen LogP contribution >= 0.6 is 27.5 Å². The fourth-order valence-corrected chi connectivity index (χ4v) is 5.53. The molecule has 0 saturated heterocycles. The molecule has 3 aromatic carbocycles. The Labute approximate surface area is 250 Å². The number of rotatable bonds is 7. The number of amides is 1. The molecule has 206 valence electrons. The third-order valence-corrected chi connectivity index (χ3v) is 7.78. The maximum absolute atomic E-state index is 13.3. The van der Waals surface area contributed by atoms with Crippen molar-refractivity contribution in [1.29, 1.82) is 0 Å². The Morgan fingerprint density at radius 3 is 2.68 bits per heavy atom. The number of nitrogens with zero attached hydrogens (tertiary/aromatic N) is 5. The molecule has 6 rings (SSSR count). The monoisotopic (exact) mass is 628 g/mol. The minimum absolute atomic E-state index is 0.115. The highest BCUT2D eigenvalue weighted by Gasteiger charge is 2.30. The van der Waals surface area contributed by atoms with Crippen LogP contribution in [0.3, 0.4) is 0 Å². The van der Waals surface area contributed by atoms with Crippen LogP contribution in [-0.4, -0.2) is 45.0 Å². The first-order chi connectivity index (χ1) is 19.9. The second-order valence-corrected chi connectivity index (χ2v) is 11.0. The molecule has 1 N–H and O–H groups in total. The average Bonchev–Trinajstić information content (AvgIpc) is 3.30. The van der Waals surface area contributed by atoms with E-state index < -0.39 is 6.04 Å². The van der Waals surface area contributed by atoms with Gasteiger partial charge in [0, 0.05) is 28.1 Å². The van der Waals surface area contributed by atoms with E-state index in [4.69, 9.17) is 21.3 Å². The number of pyridine rings is 1. The second kappa shape index (κ2) is 11.4. The largest absolute Gasteiger partial charge is 0.497 e. The molecule has 0 fully saturated rings. The van der Waals surface area contributed by atoms with Crippen molar-refractivity contribution in [3.8, 4) is 11.4 Å². The van der Waals surface area contributed by atoms with Gasteiger partial charge >= 0.3 is 0 Å². The molecule has 0 bridgehead atoms. The van der Waals surface area contributed by atoms with E-state index >= 15 is 0 Å². The highest BCUT2D eigenvalue weighted by molar-refractivity contribution is 9.10. The van der Waals surface area contributed by atoms with Crippen molar-refractivity contribution in [2.24, 2.45) is 4.99 Å². The molecule has 10 heteroatoms. The summed E-state index contributed by atoms with van der Waals surface area (Å²) in [5, 5.41) is 13.6. The number of hydrogen-bond donors (Lipinski definition) is 1. The Kier molecular flexibility index (Phi) is 7.55. The van der Waals surface area contributed by atoms with Crippen molar-refractivity contribution in [2.45, 2.75) is 25.8 Å². The van der Waals surface area contributed by atoms with E-state index in [9.17, 15) is 4.79 Å². The molecule has 0 radical (unpaired) electrons. The average molecular weight is 630 g/mol. The van der Waals surface area contributed by atoms with Crippen molar-refractivity contribution in [2.75, 3.05) is 13.7 Å². The number of methoxy groups -OCH3 is 1. The van der Waals surface area contributed by atoms with Gasteiger partial charge in [0.15, 0.2) is 5.82 Å². The van der Waals surface area contributed by atoms with E-state index in [2.05, 4.69) is 42.5 Å². The van der Waals surface area contributed by atoms with Crippen molar-refractivity contribution in [3.05, 3.63) is 111 Å². The van der Waals surface area contributed by atoms with Crippen LogP contribution in [0, 0.1) is 6.92 Å². The molecule has 0 aliphatic carbocycles. The minimum atomic E-state index is -0.550. The van der Waals surface area contributed by atoms with E-state index in [0.29, 0.717) is 35.4 Å². The van der Waals surface area contributed by atoms with E-state index in [-0.39, 0.29) is 12.3 Å². The lowest BCUT2D eigenvalue weighted by molar-refractivity contribution is -0.121. The lowest BCUT2D eigenvalue weighted by atomic mass is 10.00. The Hall–Kier alpha value is -4.08. The quantitative estimate of drug-likeness (QED) is 0.217. The molecule has 2 aromatic heterocycles. The molecule has 0 unspecified atom stereocenters. The van der Waals surface area contributed by atoms with Gasteiger partial charge in [0.25, 0.3) is 0 Å². The Balaban J connectivity index is 1.27. The molecule has 1 aliphatic heterocycles. The van der Waals surface area contributed by atoms with E-state index in [1.54, 1.807) is 7.11 Å². The SMILES string of the molecule is COc1ccc2c(c1)C(c1ccc(Cl)cc1)=N[C@@H](CC(=O)NCCc1ccc3nc(Br)ccc3c1)c1nnc(C)n1-2. The molecule has 3 heterocycles. The molecule has 1 amide bonds. The van der Waals surface area contributed by atoms with Gasteiger partial charge in [-0.25, -0.2) is 4.98 Å².